The number of nitro groups is 1. The molecular weight excluding hydrogens is 294 g/mol. The zero-order valence-corrected chi connectivity index (χ0v) is 12.4. The number of fused-ring (bicyclic) bond motifs is 2. The van der Waals surface area contributed by atoms with Crippen molar-refractivity contribution in [2.24, 2.45) is 0 Å². The Labute approximate surface area is 132 Å². The fourth-order valence-corrected chi connectivity index (χ4v) is 3.29. The zero-order chi connectivity index (χ0) is 16.0. The number of H-pyrrole nitrogens is 1. The topological polar surface area (TPSA) is 88.0 Å². The lowest BCUT2D eigenvalue weighted by molar-refractivity contribution is -0.384. The molecule has 1 aromatic heterocycles. The Balaban J connectivity index is 1.77. The fourth-order valence-electron chi connectivity index (χ4n) is 3.29. The highest BCUT2D eigenvalue weighted by Crippen LogP contribution is 2.36. The van der Waals surface area contributed by atoms with Gasteiger partial charge in [0.25, 0.3) is 11.6 Å². The molecule has 4 rings (SSSR count). The van der Waals surface area contributed by atoms with Gasteiger partial charge in [0.05, 0.1) is 10.5 Å². The summed E-state index contributed by atoms with van der Waals surface area (Å²) in [5.41, 5.74) is 5.06. The van der Waals surface area contributed by atoms with E-state index in [4.69, 9.17) is 0 Å². The molecule has 0 saturated heterocycles. The van der Waals surface area contributed by atoms with Crippen molar-refractivity contribution >= 4 is 28.9 Å². The van der Waals surface area contributed by atoms with Crippen LogP contribution in [0.5, 0.6) is 0 Å². The third kappa shape index (κ3) is 2.32. The molecule has 0 fully saturated rings. The molecule has 1 amide bonds. The lowest BCUT2D eigenvalue weighted by Crippen LogP contribution is -2.03. The average molecular weight is 309 g/mol. The quantitative estimate of drug-likeness (QED) is 0.507. The second-order valence-corrected chi connectivity index (χ2v) is 5.93. The minimum atomic E-state index is -0.450. The summed E-state index contributed by atoms with van der Waals surface area (Å²) in [5, 5.41) is 13.7. The summed E-state index contributed by atoms with van der Waals surface area (Å²) in [7, 11) is 0. The molecule has 2 heterocycles. The predicted octanol–water partition coefficient (Wildman–Crippen LogP) is 3.29. The average Bonchev–Trinajstić information content (AvgIpc) is 3.08. The summed E-state index contributed by atoms with van der Waals surface area (Å²) in [5.74, 6) is -0.229. The lowest BCUT2D eigenvalue weighted by Gasteiger charge is -2.08. The van der Waals surface area contributed by atoms with Crippen molar-refractivity contribution in [3.8, 4) is 0 Å². The molecule has 6 heteroatoms. The summed E-state index contributed by atoms with van der Waals surface area (Å²) in [6.45, 7) is 0. The van der Waals surface area contributed by atoms with Crippen LogP contribution in [0, 0.1) is 10.1 Å². The predicted molar refractivity (Wildman–Crippen MR) is 87.0 cm³/mol. The number of carbonyl (C=O) groups excluding carboxylic acids is 1. The van der Waals surface area contributed by atoms with Crippen molar-refractivity contribution in [1.82, 2.24) is 4.98 Å². The number of nitrogens with one attached hydrogen (secondary N) is 2. The Morgan fingerprint density at radius 2 is 2.00 bits per heavy atom. The number of nitrogens with zero attached hydrogens (tertiary/aromatic N) is 1. The van der Waals surface area contributed by atoms with Gasteiger partial charge in [-0.15, -0.1) is 0 Å². The first kappa shape index (κ1) is 13.8. The summed E-state index contributed by atoms with van der Waals surface area (Å²) < 4.78 is 0. The maximum absolute atomic E-state index is 12.2. The number of hydrogen-bond acceptors (Lipinski definition) is 3. The minimum Gasteiger partial charge on any atom is -0.359 e. The van der Waals surface area contributed by atoms with Crippen LogP contribution >= 0.6 is 0 Å². The molecule has 2 aromatic rings. The molecule has 2 aliphatic rings. The van der Waals surface area contributed by atoms with E-state index in [9.17, 15) is 14.9 Å². The minimum absolute atomic E-state index is 0.0167. The number of aryl methyl sites for hydroxylation is 2. The molecule has 116 valence electrons. The molecule has 6 nitrogen and oxygen atoms in total. The number of non-ortho nitro benzene ring substituents is 1. The first-order valence-corrected chi connectivity index (χ1v) is 7.64. The number of carbonyl (C=O) groups is 1. The number of anilines is 1. The third-order valence-electron chi connectivity index (χ3n) is 4.43. The smallest absolute Gasteiger partial charge is 0.270 e. The van der Waals surface area contributed by atoms with E-state index in [-0.39, 0.29) is 11.6 Å². The Kier molecular flexibility index (Phi) is 3.04. The van der Waals surface area contributed by atoms with Gasteiger partial charge in [-0.05, 0) is 49.5 Å². The second kappa shape index (κ2) is 5.08. The van der Waals surface area contributed by atoms with Gasteiger partial charge < -0.3 is 10.3 Å². The van der Waals surface area contributed by atoms with Crippen LogP contribution in [0.2, 0.25) is 0 Å². The summed E-state index contributed by atoms with van der Waals surface area (Å²) in [4.78, 5) is 26.1. The molecule has 2 N–H and O–H groups in total. The zero-order valence-electron chi connectivity index (χ0n) is 12.4. The van der Waals surface area contributed by atoms with Gasteiger partial charge in [-0.2, -0.15) is 0 Å². The second-order valence-electron chi connectivity index (χ2n) is 5.93. The van der Waals surface area contributed by atoms with Crippen LogP contribution in [0.4, 0.5) is 11.4 Å². The van der Waals surface area contributed by atoms with Crippen molar-refractivity contribution in [2.75, 3.05) is 5.32 Å². The van der Waals surface area contributed by atoms with E-state index < -0.39 is 4.92 Å². The molecule has 1 aliphatic heterocycles. The Morgan fingerprint density at radius 1 is 1.17 bits per heavy atom. The fraction of sp³-hybridized carbons (Fsp3) is 0.235. The Hall–Kier alpha value is -2.89. The van der Waals surface area contributed by atoms with Gasteiger partial charge in [-0.3, -0.25) is 14.9 Å². The van der Waals surface area contributed by atoms with Crippen molar-refractivity contribution < 1.29 is 9.72 Å². The van der Waals surface area contributed by atoms with Crippen molar-refractivity contribution in [1.29, 1.82) is 0 Å². The Morgan fingerprint density at radius 3 is 2.78 bits per heavy atom. The van der Waals surface area contributed by atoms with Crippen LogP contribution in [0.1, 0.15) is 35.4 Å². The van der Waals surface area contributed by atoms with Gasteiger partial charge in [-0.25, -0.2) is 0 Å². The summed E-state index contributed by atoms with van der Waals surface area (Å²) in [6.07, 6.45) is 6.24. The van der Waals surface area contributed by atoms with Crippen molar-refractivity contribution in [3.63, 3.8) is 0 Å². The molecular formula is C17H15N3O3. The number of amides is 1. The van der Waals surface area contributed by atoms with Crippen LogP contribution in [0.25, 0.3) is 11.6 Å². The Bertz CT molecular complexity index is 840. The highest BCUT2D eigenvalue weighted by molar-refractivity contribution is 6.35. The number of aromatic nitrogens is 1. The maximum Gasteiger partial charge on any atom is 0.270 e. The summed E-state index contributed by atoms with van der Waals surface area (Å²) in [6, 6.07) is 6.49. The van der Waals surface area contributed by atoms with E-state index in [1.807, 2.05) is 0 Å². The van der Waals surface area contributed by atoms with Crippen molar-refractivity contribution in [2.45, 2.75) is 25.7 Å². The normalized spacial score (nSPS) is 17.7. The molecule has 1 aromatic carbocycles. The van der Waals surface area contributed by atoms with Crippen LogP contribution in [-0.2, 0) is 17.6 Å². The van der Waals surface area contributed by atoms with Crippen LogP contribution in [-0.4, -0.2) is 15.8 Å². The molecule has 0 atom stereocenters. The lowest BCUT2D eigenvalue weighted by atomic mass is 9.98. The van der Waals surface area contributed by atoms with Crippen LogP contribution in [0.3, 0.4) is 0 Å². The van der Waals surface area contributed by atoms with Gasteiger partial charge in [0, 0.05) is 34.8 Å². The number of aromatic amines is 1. The van der Waals surface area contributed by atoms with Gasteiger partial charge in [0.15, 0.2) is 0 Å². The first-order valence-electron chi connectivity index (χ1n) is 7.64. The van der Waals surface area contributed by atoms with Gasteiger partial charge >= 0.3 is 0 Å². The van der Waals surface area contributed by atoms with E-state index in [0.717, 1.165) is 18.5 Å². The van der Waals surface area contributed by atoms with E-state index >= 15 is 0 Å². The monoisotopic (exact) mass is 309 g/mol. The highest BCUT2D eigenvalue weighted by Gasteiger charge is 2.26. The maximum atomic E-state index is 12.2. The first-order chi connectivity index (χ1) is 11.1. The van der Waals surface area contributed by atoms with Gasteiger partial charge in [0.1, 0.15) is 0 Å². The molecule has 0 spiro atoms. The third-order valence-corrected chi connectivity index (χ3v) is 4.43. The number of hydrogen-bond donors (Lipinski definition) is 2. The SMILES string of the molecule is O=C1Nc2ccc([N+](=O)[O-])cc2C1=Cc1cc2c([nH]1)CCCC2. The van der Waals surface area contributed by atoms with Crippen LogP contribution in [0.15, 0.2) is 24.3 Å². The molecule has 0 unspecified atom stereocenters. The molecule has 23 heavy (non-hydrogen) atoms. The molecule has 0 saturated carbocycles. The number of benzene rings is 1. The number of nitro benzene ring substituents is 1. The van der Waals surface area contributed by atoms with E-state index in [1.165, 1.54) is 36.2 Å². The largest absolute Gasteiger partial charge is 0.359 e. The molecule has 0 radical (unpaired) electrons. The highest BCUT2D eigenvalue weighted by atomic mass is 16.6. The van der Waals surface area contributed by atoms with Crippen LogP contribution < -0.4 is 5.32 Å². The standard InChI is InChI=1S/C17H15N3O3/c21-17-14(8-11-7-10-3-1-2-4-15(10)18-11)13-9-12(20(22)23)5-6-16(13)19-17/h5-9,18H,1-4H2,(H,19,21). The van der Waals surface area contributed by atoms with Crippen molar-refractivity contribution in [3.05, 3.63) is 56.9 Å². The summed E-state index contributed by atoms with van der Waals surface area (Å²) >= 11 is 0. The van der Waals surface area contributed by atoms with E-state index in [1.54, 1.807) is 12.1 Å². The van der Waals surface area contributed by atoms with Gasteiger partial charge in [0.2, 0.25) is 0 Å². The molecule has 1 aliphatic carbocycles. The van der Waals surface area contributed by atoms with E-state index in [2.05, 4.69) is 16.4 Å². The molecule has 0 bridgehead atoms. The van der Waals surface area contributed by atoms with Gasteiger partial charge in [-0.1, -0.05) is 0 Å². The number of rotatable bonds is 2. The van der Waals surface area contributed by atoms with E-state index in [0.29, 0.717) is 16.8 Å².